The van der Waals surface area contributed by atoms with Crippen LogP contribution in [0.1, 0.15) is 50.4 Å². The summed E-state index contributed by atoms with van der Waals surface area (Å²) in [6, 6.07) is 23.1. The molecule has 13 heteroatoms. The van der Waals surface area contributed by atoms with Crippen LogP contribution < -0.4 is 14.8 Å². The number of hydrogen-bond acceptors (Lipinski definition) is 7. The molecule has 11 nitrogen and oxygen atoms in total. The first kappa shape index (κ1) is 38.9. The molecule has 4 aromatic rings. The third-order valence-electron chi connectivity index (χ3n) is 9.26. The first-order chi connectivity index (χ1) is 24.9. The summed E-state index contributed by atoms with van der Waals surface area (Å²) in [6.07, 6.45) is 1.55. The van der Waals surface area contributed by atoms with Crippen LogP contribution in [0.2, 0.25) is 5.02 Å². The second-order valence-electron chi connectivity index (χ2n) is 13.4. The van der Waals surface area contributed by atoms with Gasteiger partial charge in [0.15, 0.2) is 0 Å². The predicted octanol–water partition coefficient (Wildman–Crippen LogP) is 7.25. The molecule has 1 aliphatic rings. The average Bonchev–Trinajstić information content (AvgIpc) is 3.12. The second kappa shape index (κ2) is 17.4. The highest BCUT2D eigenvalue weighted by Crippen LogP contribution is 2.30. The van der Waals surface area contributed by atoms with Crippen molar-refractivity contribution in [2.75, 3.05) is 43.4 Å². The molecule has 0 bridgehead atoms. The summed E-state index contributed by atoms with van der Waals surface area (Å²) in [6.45, 7) is 6.18. The van der Waals surface area contributed by atoms with Gasteiger partial charge < -0.3 is 29.7 Å². The van der Waals surface area contributed by atoms with Crippen LogP contribution in [0.25, 0.3) is 10.8 Å². The van der Waals surface area contributed by atoms with E-state index in [1.165, 1.54) is 30.3 Å². The molecular weight excluding hydrogens is 704 g/mol. The SMILES string of the molecule is C[C@@H]1CN([C@@H](C)CO)C(=O)c2cc(NS(=O)(=O)c3ccc(Cl)cc3)ccc2O[C@@H](C)CCCCO[C@H]1CN(C)C(=O)Nc1cccc2ccccc12. The Labute approximate surface area is 310 Å². The van der Waals surface area contributed by atoms with Crippen LogP contribution in [-0.2, 0) is 14.8 Å². The zero-order valence-corrected chi connectivity index (χ0v) is 31.5. The lowest BCUT2D eigenvalue weighted by Crippen LogP contribution is -2.48. The molecule has 3 amide bonds. The Hall–Kier alpha value is -4.36. The number of carbonyl (C=O) groups is 2. The molecular formula is C39H47ClN4O7S. The molecule has 0 aromatic heterocycles. The molecule has 1 aliphatic heterocycles. The van der Waals surface area contributed by atoms with Crippen molar-refractivity contribution in [3.05, 3.63) is 95.5 Å². The number of rotatable bonds is 8. The molecule has 0 aliphatic carbocycles. The van der Waals surface area contributed by atoms with E-state index in [-0.39, 0.29) is 53.9 Å². The van der Waals surface area contributed by atoms with E-state index < -0.39 is 28.1 Å². The third kappa shape index (κ3) is 9.74. The normalized spacial score (nSPS) is 19.5. The lowest BCUT2D eigenvalue weighted by Gasteiger charge is -2.35. The van der Waals surface area contributed by atoms with Gasteiger partial charge in [-0.05, 0) is 87.0 Å². The molecule has 5 rings (SSSR count). The standard InChI is InChI=1S/C39H47ClN4O7S/c1-26-23-44(27(2)25-45)38(46)34-22-31(42-52(48,49)32-18-15-30(40)16-19-32)17-20-36(34)51-28(3)10-7-8-21-50-37(26)24-43(4)39(47)41-35-14-9-12-29-11-5-6-13-33(29)35/h5-6,9,11-20,22,26-28,37,42,45H,7-8,10,21,23-25H2,1-4H3,(H,41,47)/t26-,27+,28+,37+/m1/s1. The number of anilines is 2. The van der Waals surface area contributed by atoms with E-state index in [4.69, 9.17) is 21.1 Å². The number of hydrogen-bond donors (Lipinski definition) is 3. The number of amides is 3. The fourth-order valence-electron chi connectivity index (χ4n) is 6.17. The maximum atomic E-state index is 14.5. The smallest absolute Gasteiger partial charge is 0.321 e. The minimum absolute atomic E-state index is 0.0133. The Balaban J connectivity index is 1.40. The molecule has 3 N–H and O–H groups in total. The maximum Gasteiger partial charge on any atom is 0.321 e. The fourth-order valence-corrected chi connectivity index (χ4v) is 7.35. The monoisotopic (exact) mass is 750 g/mol. The van der Waals surface area contributed by atoms with Crippen LogP contribution >= 0.6 is 11.6 Å². The van der Waals surface area contributed by atoms with Gasteiger partial charge >= 0.3 is 6.03 Å². The van der Waals surface area contributed by atoms with Crippen LogP contribution in [0.4, 0.5) is 16.2 Å². The molecule has 0 spiro atoms. The van der Waals surface area contributed by atoms with Gasteiger partial charge in [-0.15, -0.1) is 0 Å². The Bertz CT molecular complexity index is 1950. The number of likely N-dealkylation sites (N-methyl/N-ethyl adjacent to an activating group) is 1. The number of sulfonamides is 1. The summed E-state index contributed by atoms with van der Waals surface area (Å²) in [5.41, 5.74) is 1.02. The van der Waals surface area contributed by atoms with Gasteiger partial charge in [0.25, 0.3) is 15.9 Å². The minimum Gasteiger partial charge on any atom is -0.490 e. The molecule has 0 saturated carbocycles. The number of ether oxygens (including phenoxy) is 2. The number of nitrogens with one attached hydrogen (secondary N) is 2. The highest BCUT2D eigenvalue weighted by Gasteiger charge is 2.31. The van der Waals surface area contributed by atoms with E-state index in [2.05, 4.69) is 10.0 Å². The second-order valence-corrected chi connectivity index (χ2v) is 15.5. The van der Waals surface area contributed by atoms with Crippen molar-refractivity contribution >= 4 is 55.7 Å². The highest BCUT2D eigenvalue weighted by molar-refractivity contribution is 7.92. The largest absolute Gasteiger partial charge is 0.490 e. The van der Waals surface area contributed by atoms with Gasteiger partial charge in [0.1, 0.15) is 5.75 Å². The van der Waals surface area contributed by atoms with Crippen molar-refractivity contribution in [3.63, 3.8) is 0 Å². The number of nitrogens with zero attached hydrogens (tertiary/aromatic N) is 2. The van der Waals surface area contributed by atoms with Crippen molar-refractivity contribution in [1.82, 2.24) is 9.80 Å². The molecule has 0 radical (unpaired) electrons. The number of halogens is 1. The molecule has 1 heterocycles. The fraction of sp³-hybridized carbons (Fsp3) is 0.385. The van der Waals surface area contributed by atoms with Gasteiger partial charge in [0.05, 0.1) is 41.0 Å². The van der Waals surface area contributed by atoms with E-state index in [0.29, 0.717) is 29.5 Å². The topological polar surface area (TPSA) is 138 Å². The van der Waals surface area contributed by atoms with Crippen molar-refractivity contribution in [1.29, 1.82) is 0 Å². The highest BCUT2D eigenvalue weighted by atomic mass is 35.5. The van der Waals surface area contributed by atoms with E-state index in [1.54, 1.807) is 35.9 Å². The number of carbonyl (C=O) groups excluding carboxylic acids is 2. The Kier molecular flexibility index (Phi) is 13.0. The maximum absolute atomic E-state index is 14.5. The molecule has 4 atom stereocenters. The number of aliphatic hydroxyl groups is 1. The zero-order chi connectivity index (χ0) is 37.4. The van der Waals surface area contributed by atoms with Crippen LogP contribution in [-0.4, -0.2) is 86.9 Å². The molecule has 0 fully saturated rings. The van der Waals surface area contributed by atoms with Crippen molar-refractivity contribution in [2.24, 2.45) is 5.92 Å². The van der Waals surface area contributed by atoms with Gasteiger partial charge in [-0.2, -0.15) is 0 Å². The summed E-state index contributed by atoms with van der Waals surface area (Å²) in [5.74, 6) is -0.408. The molecule has 0 unspecified atom stereocenters. The molecule has 278 valence electrons. The van der Waals surface area contributed by atoms with Gasteiger partial charge in [-0.1, -0.05) is 54.9 Å². The Morgan fingerprint density at radius 1 is 1.04 bits per heavy atom. The predicted molar refractivity (Wildman–Crippen MR) is 205 cm³/mol. The first-order valence-corrected chi connectivity index (χ1v) is 19.3. The van der Waals surface area contributed by atoms with Gasteiger partial charge in [0, 0.05) is 48.8 Å². The van der Waals surface area contributed by atoms with Crippen molar-refractivity contribution < 1.29 is 32.6 Å². The summed E-state index contributed by atoms with van der Waals surface area (Å²) in [4.78, 5) is 31.1. The number of fused-ring (bicyclic) bond motifs is 2. The van der Waals surface area contributed by atoms with Crippen LogP contribution in [0.3, 0.4) is 0 Å². The van der Waals surface area contributed by atoms with E-state index >= 15 is 0 Å². The average molecular weight is 751 g/mol. The van der Waals surface area contributed by atoms with Gasteiger partial charge in [-0.3, -0.25) is 9.52 Å². The lowest BCUT2D eigenvalue weighted by molar-refractivity contribution is -0.0115. The quantitative estimate of drug-likeness (QED) is 0.173. The molecule has 0 saturated heterocycles. The molecule has 4 aromatic carbocycles. The lowest BCUT2D eigenvalue weighted by atomic mass is 10.0. The van der Waals surface area contributed by atoms with E-state index in [1.807, 2.05) is 56.3 Å². The van der Waals surface area contributed by atoms with Crippen LogP contribution in [0, 0.1) is 5.92 Å². The van der Waals surface area contributed by atoms with E-state index in [9.17, 15) is 23.1 Å². The number of aliphatic hydroxyl groups excluding tert-OH is 1. The summed E-state index contributed by atoms with van der Waals surface area (Å²) >= 11 is 5.96. The number of benzene rings is 4. The third-order valence-corrected chi connectivity index (χ3v) is 10.9. The summed E-state index contributed by atoms with van der Waals surface area (Å²) in [7, 11) is -2.29. The van der Waals surface area contributed by atoms with Crippen LogP contribution in [0.15, 0.2) is 89.8 Å². The van der Waals surface area contributed by atoms with Crippen molar-refractivity contribution in [3.8, 4) is 5.75 Å². The Morgan fingerprint density at radius 3 is 2.52 bits per heavy atom. The van der Waals surface area contributed by atoms with Crippen molar-refractivity contribution in [2.45, 2.75) is 63.2 Å². The molecule has 52 heavy (non-hydrogen) atoms. The van der Waals surface area contributed by atoms with Gasteiger partial charge in [0.2, 0.25) is 0 Å². The van der Waals surface area contributed by atoms with Gasteiger partial charge in [-0.25, -0.2) is 13.2 Å². The first-order valence-electron chi connectivity index (χ1n) is 17.5. The summed E-state index contributed by atoms with van der Waals surface area (Å²) < 4.78 is 41.7. The number of urea groups is 1. The van der Waals surface area contributed by atoms with E-state index in [0.717, 1.165) is 23.6 Å². The summed E-state index contributed by atoms with van der Waals surface area (Å²) in [5, 5.41) is 15.7. The van der Waals surface area contributed by atoms with Crippen LogP contribution in [0.5, 0.6) is 5.75 Å². The zero-order valence-electron chi connectivity index (χ0n) is 29.9. The minimum atomic E-state index is -4.00. The Morgan fingerprint density at radius 2 is 1.77 bits per heavy atom.